The average molecular weight is 291 g/mol. The molecule has 18 heavy (non-hydrogen) atoms. The number of sulfone groups is 1. The van der Waals surface area contributed by atoms with Crippen LogP contribution in [0.5, 0.6) is 0 Å². The second-order valence-corrected chi connectivity index (χ2v) is 7.19. The summed E-state index contributed by atoms with van der Waals surface area (Å²) in [6, 6.07) is 0. The second kappa shape index (κ2) is 5.41. The number of anilines is 2. The highest BCUT2D eigenvalue weighted by Gasteiger charge is 2.22. The second-order valence-electron chi connectivity index (χ2n) is 4.46. The van der Waals surface area contributed by atoms with E-state index in [-0.39, 0.29) is 10.7 Å². The van der Waals surface area contributed by atoms with E-state index in [2.05, 4.69) is 9.69 Å². The predicted octanol–water partition coefficient (Wildman–Crippen LogP) is 0.967. The molecule has 1 aromatic heterocycles. The van der Waals surface area contributed by atoms with Gasteiger partial charge in [0.05, 0.1) is 6.61 Å². The highest BCUT2D eigenvalue weighted by molar-refractivity contribution is 7.91. The van der Waals surface area contributed by atoms with Crippen LogP contribution < -0.4 is 11.1 Å². The quantitative estimate of drug-likeness (QED) is 0.858. The van der Waals surface area contributed by atoms with Crippen molar-refractivity contribution < 1.29 is 13.2 Å². The molecule has 102 valence electrons. The molecule has 0 amide bonds. The van der Waals surface area contributed by atoms with Crippen LogP contribution in [0.1, 0.15) is 12.8 Å². The lowest BCUT2D eigenvalue weighted by Crippen LogP contribution is -2.24. The number of ether oxygens (including phenoxy) is 1. The van der Waals surface area contributed by atoms with Gasteiger partial charge in [-0.2, -0.15) is 4.37 Å². The molecule has 6 nitrogen and oxygen atoms in total. The minimum absolute atomic E-state index is 0.0740. The molecule has 0 saturated carbocycles. The molecule has 1 fully saturated rings. The third-order valence-electron chi connectivity index (χ3n) is 2.85. The Morgan fingerprint density at radius 2 is 2.39 bits per heavy atom. The summed E-state index contributed by atoms with van der Waals surface area (Å²) in [7, 11) is -3.34. The van der Waals surface area contributed by atoms with Gasteiger partial charge in [-0.05, 0) is 30.3 Å². The molecule has 2 heterocycles. The van der Waals surface area contributed by atoms with Crippen LogP contribution in [0, 0.1) is 5.92 Å². The lowest BCUT2D eigenvalue weighted by molar-refractivity contribution is 0.0595. The normalized spacial score (nSPS) is 20.8. The Labute approximate surface area is 111 Å². The summed E-state index contributed by atoms with van der Waals surface area (Å²) < 4.78 is 32.5. The van der Waals surface area contributed by atoms with Crippen LogP contribution in [-0.2, 0) is 14.6 Å². The highest BCUT2D eigenvalue weighted by atomic mass is 32.2. The van der Waals surface area contributed by atoms with Crippen LogP contribution in [0.25, 0.3) is 0 Å². The molecule has 2 rings (SSSR count). The zero-order chi connectivity index (χ0) is 13.2. The largest absolute Gasteiger partial charge is 0.382 e. The monoisotopic (exact) mass is 291 g/mol. The van der Waals surface area contributed by atoms with Crippen molar-refractivity contribution in [3.63, 3.8) is 0 Å². The SMILES string of the molecule is CS(=O)(=O)c1c(N)nsc1NCC1CCCOC1. The Kier molecular flexibility index (Phi) is 4.08. The van der Waals surface area contributed by atoms with Crippen molar-refractivity contribution in [2.45, 2.75) is 17.7 Å². The third-order valence-corrected chi connectivity index (χ3v) is 4.95. The smallest absolute Gasteiger partial charge is 0.182 e. The number of nitrogens with one attached hydrogen (secondary N) is 1. The maximum absolute atomic E-state index is 11.6. The molecule has 1 unspecified atom stereocenters. The molecular weight excluding hydrogens is 274 g/mol. The van der Waals surface area contributed by atoms with Crippen LogP contribution in [0.2, 0.25) is 0 Å². The topological polar surface area (TPSA) is 94.3 Å². The zero-order valence-corrected chi connectivity index (χ0v) is 11.8. The summed E-state index contributed by atoms with van der Waals surface area (Å²) in [5.41, 5.74) is 5.59. The maximum atomic E-state index is 11.6. The molecule has 0 aromatic carbocycles. The fourth-order valence-corrected chi connectivity index (χ4v) is 4.04. The van der Waals surface area contributed by atoms with Gasteiger partial charge < -0.3 is 15.8 Å². The van der Waals surface area contributed by atoms with E-state index in [9.17, 15) is 8.42 Å². The van der Waals surface area contributed by atoms with Crippen LogP contribution in [0.3, 0.4) is 0 Å². The molecule has 8 heteroatoms. The fourth-order valence-electron chi connectivity index (χ4n) is 1.97. The first-order chi connectivity index (χ1) is 8.48. The van der Waals surface area contributed by atoms with Crippen molar-refractivity contribution in [2.75, 3.05) is 37.1 Å². The molecule has 1 aliphatic rings. The van der Waals surface area contributed by atoms with Crippen molar-refractivity contribution in [2.24, 2.45) is 5.92 Å². The molecule has 0 bridgehead atoms. The van der Waals surface area contributed by atoms with Gasteiger partial charge in [0.25, 0.3) is 0 Å². The summed E-state index contributed by atoms with van der Waals surface area (Å²) in [6.07, 6.45) is 3.29. The summed E-state index contributed by atoms with van der Waals surface area (Å²) >= 11 is 1.09. The van der Waals surface area contributed by atoms with E-state index in [1.807, 2.05) is 0 Å². The number of hydrogen-bond acceptors (Lipinski definition) is 7. The van der Waals surface area contributed by atoms with Crippen molar-refractivity contribution in [3.8, 4) is 0 Å². The first-order valence-electron chi connectivity index (χ1n) is 5.75. The molecular formula is C10H17N3O3S2. The molecule has 3 N–H and O–H groups in total. The standard InChI is InChI=1S/C10H17N3O3S2/c1-18(14,15)8-9(11)13-17-10(8)12-5-7-3-2-4-16-6-7/h7,12H,2-6H2,1H3,(H2,11,13). The Morgan fingerprint density at radius 3 is 3.00 bits per heavy atom. The molecule has 1 aromatic rings. The summed E-state index contributed by atoms with van der Waals surface area (Å²) in [5.74, 6) is 0.486. The summed E-state index contributed by atoms with van der Waals surface area (Å²) in [6.45, 7) is 2.22. The third kappa shape index (κ3) is 3.12. The van der Waals surface area contributed by atoms with Gasteiger partial charge in [-0.1, -0.05) is 0 Å². The first-order valence-corrected chi connectivity index (χ1v) is 8.42. The molecule has 0 aliphatic carbocycles. The van der Waals surface area contributed by atoms with Gasteiger partial charge in [0.1, 0.15) is 9.90 Å². The first kappa shape index (κ1) is 13.6. The Bertz CT molecular complexity index is 506. The van der Waals surface area contributed by atoms with E-state index in [1.165, 1.54) is 0 Å². The molecule has 1 saturated heterocycles. The lowest BCUT2D eigenvalue weighted by Gasteiger charge is -2.22. The van der Waals surface area contributed by atoms with Gasteiger partial charge in [-0.25, -0.2) is 8.42 Å². The van der Waals surface area contributed by atoms with E-state index in [4.69, 9.17) is 10.5 Å². The lowest BCUT2D eigenvalue weighted by atomic mass is 10.0. The number of hydrogen-bond donors (Lipinski definition) is 2. The average Bonchev–Trinajstić information content (AvgIpc) is 2.69. The predicted molar refractivity (Wildman–Crippen MR) is 71.7 cm³/mol. The highest BCUT2D eigenvalue weighted by Crippen LogP contribution is 2.31. The van der Waals surface area contributed by atoms with Crippen LogP contribution >= 0.6 is 11.5 Å². The Morgan fingerprint density at radius 1 is 1.61 bits per heavy atom. The summed E-state index contributed by atoms with van der Waals surface area (Å²) in [4.78, 5) is 0.115. The van der Waals surface area contributed by atoms with Gasteiger partial charge in [-0.15, -0.1) is 0 Å². The van der Waals surface area contributed by atoms with Crippen molar-refractivity contribution >= 4 is 32.2 Å². The number of nitrogens with zero attached hydrogens (tertiary/aromatic N) is 1. The molecule has 1 aliphatic heterocycles. The Hall–Kier alpha value is -0.860. The Balaban J connectivity index is 2.05. The van der Waals surface area contributed by atoms with E-state index >= 15 is 0 Å². The van der Waals surface area contributed by atoms with Gasteiger partial charge >= 0.3 is 0 Å². The number of nitrogens with two attached hydrogens (primary N) is 1. The summed E-state index contributed by atoms with van der Waals surface area (Å²) in [5, 5.41) is 3.66. The van der Waals surface area contributed by atoms with Crippen molar-refractivity contribution in [1.82, 2.24) is 4.37 Å². The molecule has 0 radical (unpaired) electrons. The van der Waals surface area contributed by atoms with E-state index in [0.717, 1.165) is 43.8 Å². The van der Waals surface area contributed by atoms with Crippen molar-refractivity contribution in [3.05, 3.63) is 0 Å². The van der Waals surface area contributed by atoms with Crippen LogP contribution in [0.15, 0.2) is 4.90 Å². The maximum Gasteiger partial charge on any atom is 0.182 e. The van der Waals surface area contributed by atoms with Gasteiger partial charge in [0, 0.05) is 19.4 Å². The van der Waals surface area contributed by atoms with Gasteiger partial charge in [0.2, 0.25) is 0 Å². The van der Waals surface area contributed by atoms with Gasteiger partial charge in [0.15, 0.2) is 15.7 Å². The number of aromatic nitrogens is 1. The van der Waals surface area contributed by atoms with Crippen LogP contribution in [-0.4, -0.2) is 38.8 Å². The van der Waals surface area contributed by atoms with Crippen LogP contribution in [0.4, 0.5) is 10.8 Å². The molecule has 0 spiro atoms. The van der Waals surface area contributed by atoms with Crippen molar-refractivity contribution in [1.29, 1.82) is 0 Å². The van der Waals surface area contributed by atoms with E-state index in [0.29, 0.717) is 17.5 Å². The minimum Gasteiger partial charge on any atom is -0.382 e. The minimum atomic E-state index is -3.34. The fraction of sp³-hybridized carbons (Fsp3) is 0.700. The van der Waals surface area contributed by atoms with Gasteiger partial charge in [-0.3, -0.25) is 0 Å². The molecule has 1 atom stereocenters. The number of nitrogen functional groups attached to an aromatic ring is 1. The van der Waals surface area contributed by atoms with E-state index < -0.39 is 9.84 Å². The number of rotatable bonds is 4. The van der Waals surface area contributed by atoms with E-state index in [1.54, 1.807) is 0 Å². The zero-order valence-electron chi connectivity index (χ0n) is 10.2.